The summed E-state index contributed by atoms with van der Waals surface area (Å²) in [5.74, 6) is 1.97. The van der Waals surface area contributed by atoms with Gasteiger partial charge in [-0.15, -0.1) is 0 Å². The zero-order valence-electron chi connectivity index (χ0n) is 14.3. The van der Waals surface area contributed by atoms with Gasteiger partial charge in [-0.2, -0.15) is 4.98 Å². The van der Waals surface area contributed by atoms with Crippen molar-refractivity contribution in [2.24, 2.45) is 0 Å². The van der Waals surface area contributed by atoms with Crippen LogP contribution in [0.3, 0.4) is 0 Å². The highest BCUT2D eigenvalue weighted by Gasteiger charge is 2.31. The molecule has 0 N–H and O–H groups in total. The van der Waals surface area contributed by atoms with Gasteiger partial charge in [0.15, 0.2) is 5.82 Å². The molecule has 0 saturated carbocycles. The predicted molar refractivity (Wildman–Crippen MR) is 97.5 cm³/mol. The van der Waals surface area contributed by atoms with Crippen molar-refractivity contribution in [3.8, 4) is 0 Å². The first-order valence-corrected chi connectivity index (χ1v) is 8.99. The lowest BCUT2D eigenvalue weighted by molar-refractivity contribution is 0.124. The minimum absolute atomic E-state index is 0.397. The summed E-state index contributed by atoms with van der Waals surface area (Å²) >= 11 is 0. The first kappa shape index (κ1) is 16.0. The van der Waals surface area contributed by atoms with Crippen LogP contribution in [0.4, 0.5) is 0 Å². The van der Waals surface area contributed by atoms with E-state index in [1.54, 1.807) is 0 Å². The van der Waals surface area contributed by atoms with E-state index in [9.17, 15) is 0 Å². The van der Waals surface area contributed by atoms with Crippen LogP contribution in [0.2, 0.25) is 0 Å². The smallest absolute Gasteiger partial charge is 0.232 e. The van der Waals surface area contributed by atoms with Gasteiger partial charge in [0.05, 0.1) is 5.92 Å². The normalized spacial score (nSPS) is 15.2. The molecular weight excluding hydrogens is 310 g/mol. The first-order valence-electron chi connectivity index (χ1n) is 8.99. The average molecular weight is 333 g/mol. The number of aromatic nitrogens is 2. The molecule has 4 rings (SSSR count). The van der Waals surface area contributed by atoms with Crippen LogP contribution in [0.1, 0.15) is 35.2 Å². The van der Waals surface area contributed by atoms with Gasteiger partial charge in [0.25, 0.3) is 0 Å². The number of benzene rings is 2. The van der Waals surface area contributed by atoms with Gasteiger partial charge in [-0.1, -0.05) is 65.8 Å². The van der Waals surface area contributed by atoms with Gasteiger partial charge in [0, 0.05) is 19.5 Å². The van der Waals surface area contributed by atoms with E-state index in [4.69, 9.17) is 4.52 Å². The highest BCUT2D eigenvalue weighted by molar-refractivity contribution is 5.19. The average Bonchev–Trinajstić information content (AvgIpc) is 3.06. The van der Waals surface area contributed by atoms with Crippen LogP contribution >= 0.6 is 0 Å². The van der Waals surface area contributed by atoms with E-state index in [-0.39, 0.29) is 0 Å². The molecule has 0 radical (unpaired) electrons. The van der Waals surface area contributed by atoms with Crippen molar-refractivity contribution in [2.45, 2.75) is 25.2 Å². The van der Waals surface area contributed by atoms with Crippen LogP contribution in [-0.4, -0.2) is 34.7 Å². The van der Waals surface area contributed by atoms with Crippen molar-refractivity contribution in [3.63, 3.8) is 0 Å². The molecule has 0 bridgehead atoms. The summed E-state index contributed by atoms with van der Waals surface area (Å²) in [6, 6.07) is 21.0. The van der Waals surface area contributed by atoms with E-state index >= 15 is 0 Å². The lowest BCUT2D eigenvalue weighted by Gasteiger charge is -2.37. The lowest BCUT2D eigenvalue weighted by atomic mass is 9.99. The number of hydrogen-bond acceptors (Lipinski definition) is 4. The van der Waals surface area contributed by atoms with Crippen molar-refractivity contribution < 1.29 is 4.52 Å². The van der Waals surface area contributed by atoms with Crippen molar-refractivity contribution >= 4 is 0 Å². The van der Waals surface area contributed by atoms with E-state index in [0.717, 1.165) is 44.2 Å². The van der Waals surface area contributed by atoms with E-state index in [2.05, 4.69) is 57.5 Å². The largest absolute Gasteiger partial charge is 0.339 e. The van der Waals surface area contributed by atoms with E-state index < -0.39 is 0 Å². The third-order valence-electron chi connectivity index (χ3n) is 4.78. The van der Waals surface area contributed by atoms with Crippen molar-refractivity contribution in [1.29, 1.82) is 0 Å². The molecule has 0 spiro atoms. The number of nitrogens with zero attached hydrogens (tertiary/aromatic N) is 3. The van der Waals surface area contributed by atoms with Crippen molar-refractivity contribution in [2.75, 3.05) is 19.6 Å². The monoisotopic (exact) mass is 333 g/mol. The number of rotatable bonds is 7. The highest BCUT2D eigenvalue weighted by atomic mass is 16.5. The van der Waals surface area contributed by atoms with Gasteiger partial charge in [-0.05, 0) is 30.5 Å². The summed E-state index contributed by atoms with van der Waals surface area (Å²) in [7, 11) is 0. The molecule has 25 heavy (non-hydrogen) atoms. The third-order valence-corrected chi connectivity index (χ3v) is 4.78. The summed E-state index contributed by atoms with van der Waals surface area (Å²) in [5, 5.41) is 4.14. The predicted octanol–water partition coefficient (Wildman–Crippen LogP) is 3.69. The van der Waals surface area contributed by atoms with Gasteiger partial charge < -0.3 is 9.42 Å². The Labute approximate surface area is 148 Å². The summed E-state index contributed by atoms with van der Waals surface area (Å²) in [4.78, 5) is 7.05. The zero-order valence-corrected chi connectivity index (χ0v) is 14.3. The fourth-order valence-corrected chi connectivity index (χ4v) is 3.34. The number of likely N-dealkylation sites (tertiary alicyclic amines) is 1. The van der Waals surface area contributed by atoms with Gasteiger partial charge in [-0.3, -0.25) is 0 Å². The topological polar surface area (TPSA) is 42.2 Å². The standard InChI is InChI=1S/C21H23N3O/c1-3-8-17(9-4-1)12-7-13-24-15-19(16-24)21-22-20(23-25-21)14-18-10-5-2-6-11-18/h1-6,8-11,19H,7,12-16H2. The quantitative estimate of drug-likeness (QED) is 0.661. The molecule has 1 aliphatic rings. The van der Waals surface area contributed by atoms with Crippen molar-refractivity contribution in [3.05, 3.63) is 83.5 Å². The SMILES string of the molecule is c1ccc(CCCN2CC(c3nc(Cc4ccccc4)no3)C2)cc1. The summed E-state index contributed by atoms with van der Waals surface area (Å²) in [6.45, 7) is 3.19. The van der Waals surface area contributed by atoms with E-state index in [0.29, 0.717) is 5.92 Å². The second kappa shape index (κ2) is 7.62. The van der Waals surface area contributed by atoms with Gasteiger partial charge in [-0.25, -0.2) is 0 Å². The van der Waals surface area contributed by atoms with Gasteiger partial charge in [0.1, 0.15) is 0 Å². The van der Waals surface area contributed by atoms with Gasteiger partial charge >= 0.3 is 0 Å². The molecule has 1 fully saturated rings. The van der Waals surface area contributed by atoms with Crippen LogP contribution < -0.4 is 0 Å². The summed E-state index contributed by atoms with van der Waals surface area (Å²) in [6.07, 6.45) is 3.07. The Morgan fingerprint density at radius 3 is 2.32 bits per heavy atom. The zero-order chi connectivity index (χ0) is 16.9. The number of aryl methyl sites for hydroxylation is 1. The Hall–Kier alpha value is -2.46. The minimum Gasteiger partial charge on any atom is -0.339 e. The molecule has 128 valence electrons. The molecule has 3 aromatic rings. The van der Waals surface area contributed by atoms with Crippen LogP contribution in [-0.2, 0) is 12.8 Å². The second-order valence-electron chi connectivity index (χ2n) is 6.76. The highest BCUT2D eigenvalue weighted by Crippen LogP contribution is 2.26. The third kappa shape index (κ3) is 4.15. The summed E-state index contributed by atoms with van der Waals surface area (Å²) < 4.78 is 5.48. The first-order chi connectivity index (χ1) is 12.4. The molecular formula is C21H23N3O. The summed E-state index contributed by atoms with van der Waals surface area (Å²) in [5.41, 5.74) is 2.63. The van der Waals surface area contributed by atoms with E-state index in [1.165, 1.54) is 17.5 Å². The Bertz CT molecular complexity index is 779. The Morgan fingerprint density at radius 2 is 1.60 bits per heavy atom. The lowest BCUT2D eigenvalue weighted by Crippen LogP contribution is -2.45. The molecule has 0 unspecified atom stereocenters. The molecule has 0 aliphatic carbocycles. The maximum Gasteiger partial charge on any atom is 0.232 e. The van der Waals surface area contributed by atoms with Crippen LogP contribution in [0.5, 0.6) is 0 Å². The van der Waals surface area contributed by atoms with Crippen LogP contribution in [0.15, 0.2) is 65.2 Å². The minimum atomic E-state index is 0.397. The maximum atomic E-state index is 5.48. The molecule has 1 aliphatic heterocycles. The van der Waals surface area contributed by atoms with Gasteiger partial charge in [0.2, 0.25) is 5.89 Å². The molecule has 4 nitrogen and oxygen atoms in total. The molecule has 0 amide bonds. The van der Waals surface area contributed by atoms with Crippen LogP contribution in [0, 0.1) is 0 Å². The second-order valence-corrected chi connectivity index (χ2v) is 6.76. The molecule has 0 atom stereocenters. The Kier molecular flexibility index (Phi) is 4.89. The number of hydrogen-bond donors (Lipinski definition) is 0. The van der Waals surface area contributed by atoms with Crippen molar-refractivity contribution in [1.82, 2.24) is 15.0 Å². The molecule has 1 saturated heterocycles. The maximum absolute atomic E-state index is 5.48. The molecule has 4 heteroatoms. The molecule has 1 aromatic heterocycles. The molecule has 2 aromatic carbocycles. The van der Waals surface area contributed by atoms with Crippen LogP contribution in [0.25, 0.3) is 0 Å². The Balaban J connectivity index is 1.21. The fourth-order valence-electron chi connectivity index (χ4n) is 3.34. The molecule has 2 heterocycles. The fraction of sp³-hybridized carbons (Fsp3) is 0.333. The van der Waals surface area contributed by atoms with E-state index in [1.807, 2.05) is 18.2 Å². The Morgan fingerprint density at radius 1 is 0.920 bits per heavy atom.